The Bertz CT molecular complexity index is 515. The molecule has 0 fully saturated rings. The minimum atomic E-state index is -0.483. The summed E-state index contributed by atoms with van der Waals surface area (Å²) in [6.45, 7) is 1.90. The van der Waals surface area contributed by atoms with Gasteiger partial charge in [0.05, 0.1) is 6.61 Å². The smallest absolute Gasteiger partial charge is 0.123 e. The molecule has 1 heterocycles. The van der Waals surface area contributed by atoms with Gasteiger partial charge in [-0.25, -0.2) is 4.39 Å². The van der Waals surface area contributed by atoms with Crippen molar-refractivity contribution in [2.75, 3.05) is 6.61 Å². The fourth-order valence-electron chi connectivity index (χ4n) is 2.06. The normalized spacial score (nSPS) is 14.2. The van der Waals surface area contributed by atoms with Crippen LogP contribution in [-0.2, 0) is 11.8 Å². The van der Waals surface area contributed by atoms with Crippen LogP contribution >= 0.6 is 0 Å². The van der Waals surface area contributed by atoms with Crippen LogP contribution in [0.15, 0.2) is 48.8 Å². The lowest BCUT2D eigenvalue weighted by molar-refractivity contribution is 0.204. The summed E-state index contributed by atoms with van der Waals surface area (Å²) in [5.74, 6) is -0.276. The number of aliphatic hydroxyl groups is 1. The van der Waals surface area contributed by atoms with E-state index >= 15 is 0 Å². The second-order valence-corrected chi connectivity index (χ2v) is 4.76. The molecule has 2 aromatic rings. The highest BCUT2D eigenvalue weighted by atomic mass is 19.1. The highest BCUT2D eigenvalue weighted by molar-refractivity contribution is 5.28. The predicted octanol–water partition coefficient (Wildman–Crippen LogP) is 2.71. The van der Waals surface area contributed by atoms with Crippen molar-refractivity contribution >= 4 is 0 Å². The molecule has 94 valence electrons. The number of benzene rings is 1. The van der Waals surface area contributed by atoms with Crippen LogP contribution in [0.4, 0.5) is 4.39 Å². The molecule has 0 radical (unpaired) electrons. The number of nitrogens with zero attached hydrogens (tertiary/aromatic N) is 1. The van der Waals surface area contributed by atoms with E-state index in [0.29, 0.717) is 6.42 Å². The number of aliphatic hydroxyl groups excluding tert-OH is 1. The number of hydrogen-bond acceptors (Lipinski definition) is 2. The van der Waals surface area contributed by atoms with Crippen molar-refractivity contribution in [1.82, 2.24) is 4.98 Å². The molecule has 0 bridgehead atoms. The zero-order valence-corrected chi connectivity index (χ0v) is 10.3. The van der Waals surface area contributed by atoms with Gasteiger partial charge in [0.2, 0.25) is 0 Å². The van der Waals surface area contributed by atoms with E-state index in [2.05, 4.69) is 4.98 Å². The van der Waals surface area contributed by atoms with Crippen LogP contribution in [-0.4, -0.2) is 16.7 Å². The molecule has 3 heteroatoms. The van der Waals surface area contributed by atoms with Crippen LogP contribution in [0.25, 0.3) is 0 Å². The average molecular weight is 245 g/mol. The Balaban J connectivity index is 2.31. The third kappa shape index (κ3) is 2.74. The topological polar surface area (TPSA) is 33.1 Å². The Labute approximate surface area is 106 Å². The van der Waals surface area contributed by atoms with Gasteiger partial charge in [0.15, 0.2) is 0 Å². The lowest BCUT2D eigenvalue weighted by Gasteiger charge is -2.28. The lowest BCUT2D eigenvalue weighted by Crippen LogP contribution is -2.29. The monoisotopic (exact) mass is 245 g/mol. The van der Waals surface area contributed by atoms with Crippen molar-refractivity contribution in [3.8, 4) is 0 Å². The number of pyridine rings is 1. The van der Waals surface area contributed by atoms with Crippen LogP contribution in [0.2, 0.25) is 0 Å². The van der Waals surface area contributed by atoms with Crippen molar-refractivity contribution in [1.29, 1.82) is 0 Å². The minimum Gasteiger partial charge on any atom is -0.395 e. The van der Waals surface area contributed by atoms with Crippen LogP contribution in [0.1, 0.15) is 18.1 Å². The first-order valence-electron chi connectivity index (χ1n) is 5.90. The summed E-state index contributed by atoms with van der Waals surface area (Å²) in [5.41, 5.74) is 1.40. The molecule has 1 aromatic carbocycles. The van der Waals surface area contributed by atoms with E-state index in [1.165, 1.54) is 12.1 Å². The summed E-state index contributed by atoms with van der Waals surface area (Å²) >= 11 is 0. The van der Waals surface area contributed by atoms with Crippen molar-refractivity contribution in [2.24, 2.45) is 0 Å². The number of hydrogen-bond donors (Lipinski definition) is 1. The molecule has 1 N–H and O–H groups in total. The summed E-state index contributed by atoms with van der Waals surface area (Å²) in [6.07, 6.45) is 4.09. The van der Waals surface area contributed by atoms with Gasteiger partial charge in [-0.05, 0) is 41.8 Å². The second-order valence-electron chi connectivity index (χ2n) is 4.76. The van der Waals surface area contributed by atoms with Gasteiger partial charge in [0.25, 0.3) is 0 Å². The third-order valence-corrected chi connectivity index (χ3v) is 3.21. The van der Waals surface area contributed by atoms with E-state index in [-0.39, 0.29) is 12.4 Å². The molecule has 0 aliphatic rings. The maximum absolute atomic E-state index is 13.3. The Morgan fingerprint density at radius 1 is 1.22 bits per heavy atom. The Morgan fingerprint density at radius 3 is 2.56 bits per heavy atom. The van der Waals surface area contributed by atoms with Gasteiger partial charge in [-0.15, -0.1) is 0 Å². The molecular weight excluding hydrogens is 229 g/mol. The summed E-state index contributed by atoms with van der Waals surface area (Å²) in [4.78, 5) is 3.97. The molecule has 0 aliphatic carbocycles. The van der Waals surface area contributed by atoms with E-state index in [4.69, 9.17) is 0 Å². The van der Waals surface area contributed by atoms with Gasteiger partial charge in [0.1, 0.15) is 5.82 Å². The van der Waals surface area contributed by atoms with E-state index in [0.717, 1.165) is 11.1 Å². The average Bonchev–Trinajstić information content (AvgIpc) is 2.40. The molecule has 0 amide bonds. The number of aromatic nitrogens is 1. The van der Waals surface area contributed by atoms with Gasteiger partial charge in [-0.3, -0.25) is 4.98 Å². The van der Waals surface area contributed by atoms with Crippen molar-refractivity contribution in [3.63, 3.8) is 0 Å². The Hall–Kier alpha value is -1.74. The molecule has 1 unspecified atom stereocenters. The molecule has 2 rings (SSSR count). The van der Waals surface area contributed by atoms with E-state index in [9.17, 15) is 9.50 Å². The van der Waals surface area contributed by atoms with E-state index in [1.54, 1.807) is 18.5 Å². The van der Waals surface area contributed by atoms with Crippen molar-refractivity contribution in [3.05, 3.63) is 65.7 Å². The molecule has 1 atom stereocenters. The molecule has 1 aromatic heterocycles. The number of halogens is 1. The first-order chi connectivity index (χ1) is 8.64. The van der Waals surface area contributed by atoms with Gasteiger partial charge < -0.3 is 5.11 Å². The predicted molar refractivity (Wildman–Crippen MR) is 68.8 cm³/mol. The minimum absolute atomic E-state index is 0.0290. The highest BCUT2D eigenvalue weighted by Crippen LogP contribution is 2.28. The summed E-state index contributed by atoms with van der Waals surface area (Å²) in [7, 11) is 0. The first-order valence-corrected chi connectivity index (χ1v) is 5.90. The molecule has 18 heavy (non-hydrogen) atoms. The maximum Gasteiger partial charge on any atom is 0.123 e. The van der Waals surface area contributed by atoms with Gasteiger partial charge >= 0.3 is 0 Å². The zero-order chi connectivity index (χ0) is 13.0. The molecule has 0 spiro atoms. The quantitative estimate of drug-likeness (QED) is 0.898. The van der Waals surface area contributed by atoms with E-state index in [1.807, 2.05) is 25.1 Å². The SMILES string of the molecule is CC(CO)(Cc1ccncc1)c1cccc(F)c1. The fraction of sp³-hybridized carbons (Fsp3) is 0.267. The molecule has 0 saturated heterocycles. The number of rotatable bonds is 4. The molecule has 0 saturated carbocycles. The van der Waals surface area contributed by atoms with Gasteiger partial charge in [0, 0.05) is 17.8 Å². The van der Waals surface area contributed by atoms with Crippen LogP contribution in [0, 0.1) is 5.82 Å². The summed E-state index contributed by atoms with van der Waals surface area (Å²) < 4.78 is 13.3. The van der Waals surface area contributed by atoms with Crippen molar-refractivity contribution < 1.29 is 9.50 Å². The lowest BCUT2D eigenvalue weighted by atomic mass is 9.78. The summed E-state index contributed by atoms with van der Waals surface area (Å²) in [6, 6.07) is 10.2. The standard InChI is InChI=1S/C15H16FNO/c1-15(11-18,10-12-5-7-17-8-6-12)13-3-2-4-14(16)9-13/h2-9,18H,10-11H2,1H3. The molecular formula is C15H16FNO. The van der Waals surface area contributed by atoms with E-state index < -0.39 is 5.41 Å². The first kappa shape index (κ1) is 12.7. The zero-order valence-electron chi connectivity index (χ0n) is 10.3. The van der Waals surface area contributed by atoms with Crippen LogP contribution in [0.3, 0.4) is 0 Å². The Kier molecular flexibility index (Phi) is 3.72. The fourth-order valence-corrected chi connectivity index (χ4v) is 2.06. The molecule has 0 aliphatic heterocycles. The van der Waals surface area contributed by atoms with Crippen LogP contribution < -0.4 is 0 Å². The molecule has 2 nitrogen and oxygen atoms in total. The van der Waals surface area contributed by atoms with Gasteiger partial charge in [-0.2, -0.15) is 0 Å². The second kappa shape index (κ2) is 5.27. The van der Waals surface area contributed by atoms with Crippen molar-refractivity contribution in [2.45, 2.75) is 18.8 Å². The van der Waals surface area contributed by atoms with Gasteiger partial charge in [-0.1, -0.05) is 19.1 Å². The maximum atomic E-state index is 13.3. The third-order valence-electron chi connectivity index (χ3n) is 3.21. The van der Waals surface area contributed by atoms with Crippen LogP contribution in [0.5, 0.6) is 0 Å². The largest absolute Gasteiger partial charge is 0.395 e. The Morgan fingerprint density at radius 2 is 1.94 bits per heavy atom. The summed E-state index contributed by atoms with van der Waals surface area (Å²) in [5, 5.41) is 9.65. The highest BCUT2D eigenvalue weighted by Gasteiger charge is 2.26.